The molecule has 4 N–H and O–H groups in total. The summed E-state index contributed by atoms with van der Waals surface area (Å²) < 4.78 is 1.14. The first-order valence-corrected chi connectivity index (χ1v) is 6.82. The van der Waals surface area contributed by atoms with Crippen LogP contribution in [0.3, 0.4) is 0 Å². The van der Waals surface area contributed by atoms with Gasteiger partial charge in [-0.3, -0.25) is 4.79 Å². The topological polar surface area (TPSA) is 75.4 Å². The van der Waals surface area contributed by atoms with Crippen molar-refractivity contribution in [2.75, 3.05) is 6.54 Å². The minimum absolute atomic E-state index is 0.239. The van der Waals surface area contributed by atoms with Gasteiger partial charge in [-0.2, -0.15) is 0 Å². The highest BCUT2D eigenvalue weighted by atomic mass is 79.9. The Morgan fingerprint density at radius 1 is 1.50 bits per heavy atom. The van der Waals surface area contributed by atoms with Crippen LogP contribution >= 0.6 is 15.9 Å². The summed E-state index contributed by atoms with van der Waals surface area (Å²) in [4.78, 5) is 10.7. The summed E-state index contributed by atoms with van der Waals surface area (Å²) in [6, 6.07) is 8.58. The molecule has 2 rings (SSSR count). The molecule has 18 heavy (non-hydrogen) atoms. The van der Waals surface area contributed by atoms with Crippen LogP contribution in [0.2, 0.25) is 0 Å². The van der Waals surface area contributed by atoms with Crippen molar-refractivity contribution in [3.8, 4) is 0 Å². The monoisotopic (exact) mass is 312 g/mol. The van der Waals surface area contributed by atoms with Crippen LogP contribution in [0.4, 0.5) is 0 Å². The van der Waals surface area contributed by atoms with E-state index in [2.05, 4.69) is 27.3 Å². The van der Waals surface area contributed by atoms with Gasteiger partial charge in [0.1, 0.15) is 6.10 Å². The molecule has 0 radical (unpaired) electrons. The lowest BCUT2D eigenvalue weighted by Gasteiger charge is -2.37. The fraction of sp³-hybridized carbons (Fsp3) is 0.462. The van der Waals surface area contributed by atoms with E-state index < -0.39 is 12.0 Å². The Morgan fingerprint density at radius 2 is 2.17 bits per heavy atom. The van der Waals surface area contributed by atoms with E-state index in [-0.39, 0.29) is 6.54 Å². The number of nitrogens with two attached hydrogens (primary N) is 1. The van der Waals surface area contributed by atoms with Crippen molar-refractivity contribution in [1.29, 1.82) is 0 Å². The normalized spacial score (nSPS) is 24.3. The van der Waals surface area contributed by atoms with E-state index in [0.717, 1.165) is 17.3 Å². The second-order valence-corrected chi connectivity index (χ2v) is 5.57. The third-order valence-electron chi connectivity index (χ3n) is 3.41. The van der Waals surface area contributed by atoms with E-state index in [4.69, 9.17) is 5.73 Å². The summed E-state index contributed by atoms with van der Waals surface area (Å²) in [5.41, 5.74) is 6.31. The Kier molecular flexibility index (Phi) is 4.37. The highest BCUT2D eigenvalue weighted by Crippen LogP contribution is 2.39. The van der Waals surface area contributed by atoms with Crippen LogP contribution < -0.4 is 11.1 Å². The van der Waals surface area contributed by atoms with Gasteiger partial charge in [-0.25, -0.2) is 0 Å². The molecule has 1 aromatic rings. The summed E-state index contributed by atoms with van der Waals surface area (Å²) in [6.07, 6.45) is 0.954. The van der Waals surface area contributed by atoms with Crippen LogP contribution in [0, 0.1) is 0 Å². The van der Waals surface area contributed by atoms with Crippen LogP contribution in [-0.2, 0) is 4.79 Å². The molecule has 98 valence electrons. The van der Waals surface area contributed by atoms with Gasteiger partial charge in [0.05, 0.1) is 0 Å². The molecule has 0 aliphatic heterocycles. The Labute approximate surface area is 115 Å². The molecule has 1 amide bonds. The zero-order chi connectivity index (χ0) is 13.1. The smallest absolute Gasteiger partial charge is 0.247 e. The first-order valence-electron chi connectivity index (χ1n) is 6.03. The lowest BCUT2D eigenvalue weighted by Crippen LogP contribution is -2.46. The van der Waals surface area contributed by atoms with Crippen molar-refractivity contribution in [3.05, 3.63) is 34.3 Å². The molecule has 1 saturated carbocycles. The largest absolute Gasteiger partial charge is 0.382 e. The van der Waals surface area contributed by atoms with Gasteiger partial charge in [0.25, 0.3) is 0 Å². The van der Waals surface area contributed by atoms with Gasteiger partial charge in [0.15, 0.2) is 0 Å². The van der Waals surface area contributed by atoms with E-state index >= 15 is 0 Å². The number of rotatable bonds is 5. The SMILES string of the molecule is NC(=O)C(O)CNC1CC(c2ccccc2Br)C1. The molecule has 5 heteroatoms. The van der Waals surface area contributed by atoms with E-state index in [9.17, 15) is 9.90 Å². The minimum atomic E-state index is -1.09. The molecule has 0 aromatic heterocycles. The third kappa shape index (κ3) is 3.10. The molecule has 1 aliphatic carbocycles. The van der Waals surface area contributed by atoms with Crippen molar-refractivity contribution in [2.45, 2.75) is 30.9 Å². The molecule has 1 atom stereocenters. The molecule has 4 nitrogen and oxygen atoms in total. The van der Waals surface area contributed by atoms with Crippen molar-refractivity contribution in [1.82, 2.24) is 5.32 Å². The van der Waals surface area contributed by atoms with Crippen molar-refractivity contribution >= 4 is 21.8 Å². The van der Waals surface area contributed by atoms with Gasteiger partial charge >= 0.3 is 0 Å². The van der Waals surface area contributed by atoms with E-state index in [1.165, 1.54) is 5.56 Å². The summed E-state index contributed by atoms with van der Waals surface area (Å²) in [7, 11) is 0. The Bertz CT molecular complexity index is 433. The van der Waals surface area contributed by atoms with Gasteiger partial charge < -0.3 is 16.2 Å². The maximum atomic E-state index is 10.7. The highest BCUT2D eigenvalue weighted by Gasteiger charge is 2.31. The maximum Gasteiger partial charge on any atom is 0.247 e. The predicted octanol–water partition coefficient (Wildman–Crippen LogP) is 1.13. The molecule has 0 saturated heterocycles. The predicted molar refractivity (Wildman–Crippen MR) is 73.1 cm³/mol. The molecular weight excluding hydrogens is 296 g/mol. The van der Waals surface area contributed by atoms with Crippen LogP contribution in [0.25, 0.3) is 0 Å². The number of aliphatic hydroxyl groups is 1. The van der Waals surface area contributed by atoms with Crippen LogP contribution in [-0.4, -0.2) is 29.7 Å². The van der Waals surface area contributed by atoms with E-state index in [1.54, 1.807) is 0 Å². The van der Waals surface area contributed by atoms with E-state index in [0.29, 0.717) is 12.0 Å². The zero-order valence-electron chi connectivity index (χ0n) is 9.97. The first-order chi connectivity index (χ1) is 8.58. The summed E-state index contributed by atoms with van der Waals surface area (Å²) in [6.45, 7) is 0.239. The third-order valence-corrected chi connectivity index (χ3v) is 4.13. The highest BCUT2D eigenvalue weighted by molar-refractivity contribution is 9.10. The van der Waals surface area contributed by atoms with Gasteiger partial charge in [-0.1, -0.05) is 34.1 Å². The average molecular weight is 313 g/mol. The van der Waals surface area contributed by atoms with Crippen molar-refractivity contribution < 1.29 is 9.90 Å². The number of primary amides is 1. The fourth-order valence-electron chi connectivity index (χ4n) is 2.22. The van der Waals surface area contributed by atoms with Crippen LogP contribution in [0.5, 0.6) is 0 Å². The number of halogens is 1. The van der Waals surface area contributed by atoms with E-state index in [1.807, 2.05) is 18.2 Å². The number of aliphatic hydroxyl groups excluding tert-OH is 1. The average Bonchev–Trinajstić information content (AvgIpc) is 2.28. The number of benzene rings is 1. The minimum Gasteiger partial charge on any atom is -0.382 e. The van der Waals surface area contributed by atoms with Gasteiger partial charge in [0, 0.05) is 17.1 Å². The molecule has 1 fully saturated rings. The lowest BCUT2D eigenvalue weighted by molar-refractivity contribution is -0.125. The Balaban J connectivity index is 1.78. The molecular formula is C13H17BrN2O2. The molecule has 0 heterocycles. The molecule has 1 aliphatic rings. The standard InChI is InChI=1S/C13H17BrN2O2/c14-11-4-2-1-3-10(11)8-5-9(6-8)16-7-12(17)13(15)18/h1-4,8-9,12,16-17H,5-7H2,(H2,15,18). The van der Waals surface area contributed by atoms with Crippen molar-refractivity contribution in [2.24, 2.45) is 5.73 Å². The lowest BCUT2D eigenvalue weighted by atomic mass is 9.76. The second kappa shape index (κ2) is 5.82. The molecule has 1 unspecified atom stereocenters. The van der Waals surface area contributed by atoms with Gasteiger partial charge in [-0.15, -0.1) is 0 Å². The van der Waals surface area contributed by atoms with Crippen LogP contribution in [0.1, 0.15) is 24.3 Å². The summed E-state index contributed by atoms with van der Waals surface area (Å²) in [5, 5.41) is 12.4. The van der Waals surface area contributed by atoms with Gasteiger partial charge in [-0.05, 0) is 30.4 Å². The first kappa shape index (κ1) is 13.5. The summed E-state index contributed by atoms with van der Waals surface area (Å²) >= 11 is 3.55. The maximum absolute atomic E-state index is 10.7. The number of carbonyl (C=O) groups is 1. The van der Waals surface area contributed by atoms with Crippen LogP contribution in [0.15, 0.2) is 28.7 Å². The molecule has 0 bridgehead atoms. The van der Waals surface area contributed by atoms with Gasteiger partial charge in [0.2, 0.25) is 5.91 Å². The number of nitrogens with one attached hydrogen (secondary N) is 1. The summed E-state index contributed by atoms with van der Waals surface area (Å²) in [5.74, 6) is -0.132. The molecule has 1 aromatic carbocycles. The van der Waals surface area contributed by atoms with Crippen molar-refractivity contribution in [3.63, 3.8) is 0 Å². The fourth-order valence-corrected chi connectivity index (χ4v) is 2.83. The number of hydrogen-bond acceptors (Lipinski definition) is 3. The Morgan fingerprint density at radius 3 is 2.78 bits per heavy atom. The molecule has 0 spiro atoms. The number of amides is 1. The number of hydrogen-bond donors (Lipinski definition) is 3. The Hall–Kier alpha value is -0.910. The second-order valence-electron chi connectivity index (χ2n) is 4.71. The quantitative estimate of drug-likeness (QED) is 0.763. The zero-order valence-corrected chi connectivity index (χ0v) is 11.6. The number of carbonyl (C=O) groups excluding carboxylic acids is 1.